The zero-order chi connectivity index (χ0) is 21.9. The Labute approximate surface area is 160 Å². The molecule has 0 atom stereocenters. The van der Waals surface area contributed by atoms with Gasteiger partial charge in [0.1, 0.15) is 22.9 Å². The Balaban J connectivity index is 2.14. The second-order valence-electron chi connectivity index (χ2n) is 5.91. The highest BCUT2D eigenvalue weighted by Crippen LogP contribution is 2.34. The van der Waals surface area contributed by atoms with Gasteiger partial charge < -0.3 is 10.1 Å². The standard InChI is InChI=1S/C18H14F6N2O3/c1-8-6-10(7-9(2)14(8)29-18(23,24)16(21)22)25-17(28)26-15(27)13-11(19)4-3-5-12(13)20/h3-7,16H,1-2H3,(H2,25,26,27,28). The summed E-state index contributed by atoms with van der Waals surface area (Å²) in [5.74, 6) is -4.21. The minimum Gasteiger partial charge on any atom is -0.428 e. The van der Waals surface area contributed by atoms with Gasteiger partial charge in [-0.15, -0.1) is 0 Å². The number of rotatable bonds is 5. The monoisotopic (exact) mass is 420 g/mol. The summed E-state index contributed by atoms with van der Waals surface area (Å²) in [6, 6.07) is 3.78. The van der Waals surface area contributed by atoms with Crippen molar-refractivity contribution in [2.45, 2.75) is 26.4 Å². The molecule has 0 radical (unpaired) electrons. The predicted molar refractivity (Wildman–Crippen MR) is 90.3 cm³/mol. The van der Waals surface area contributed by atoms with E-state index in [1.54, 1.807) is 5.32 Å². The Kier molecular flexibility index (Phi) is 6.40. The van der Waals surface area contributed by atoms with Gasteiger partial charge in [0.05, 0.1) is 0 Å². The first-order valence-electron chi connectivity index (χ1n) is 7.95. The fourth-order valence-corrected chi connectivity index (χ4v) is 2.41. The number of anilines is 1. The minimum atomic E-state index is -4.71. The summed E-state index contributed by atoms with van der Waals surface area (Å²) in [5.41, 5.74) is -0.987. The summed E-state index contributed by atoms with van der Waals surface area (Å²) in [6.45, 7) is 2.54. The van der Waals surface area contributed by atoms with Crippen LogP contribution in [0.1, 0.15) is 21.5 Å². The van der Waals surface area contributed by atoms with Crippen LogP contribution in [0.4, 0.5) is 36.8 Å². The smallest absolute Gasteiger partial charge is 0.428 e. The molecule has 0 saturated heterocycles. The molecule has 0 fully saturated rings. The van der Waals surface area contributed by atoms with E-state index in [-0.39, 0.29) is 16.8 Å². The molecule has 0 spiro atoms. The lowest BCUT2D eigenvalue weighted by Gasteiger charge is -2.20. The van der Waals surface area contributed by atoms with Crippen LogP contribution in [0.5, 0.6) is 5.75 Å². The van der Waals surface area contributed by atoms with Gasteiger partial charge in [0, 0.05) is 5.69 Å². The summed E-state index contributed by atoms with van der Waals surface area (Å²) >= 11 is 0. The number of hydrogen-bond acceptors (Lipinski definition) is 3. The molecule has 2 aromatic carbocycles. The van der Waals surface area contributed by atoms with Crippen LogP contribution >= 0.6 is 0 Å². The number of aryl methyl sites for hydroxylation is 2. The van der Waals surface area contributed by atoms with E-state index in [9.17, 15) is 35.9 Å². The maximum atomic E-state index is 13.6. The Hall–Kier alpha value is -3.24. The number of imide groups is 1. The fourth-order valence-electron chi connectivity index (χ4n) is 2.41. The molecule has 156 valence electrons. The molecule has 2 rings (SSSR count). The van der Waals surface area contributed by atoms with Crippen molar-refractivity contribution >= 4 is 17.6 Å². The maximum Gasteiger partial charge on any atom is 0.461 e. The van der Waals surface area contributed by atoms with Crippen molar-refractivity contribution in [2.75, 3.05) is 5.32 Å². The van der Waals surface area contributed by atoms with Crippen LogP contribution in [0.3, 0.4) is 0 Å². The van der Waals surface area contributed by atoms with Crippen LogP contribution in [-0.2, 0) is 0 Å². The van der Waals surface area contributed by atoms with Crippen LogP contribution in [-0.4, -0.2) is 24.5 Å². The van der Waals surface area contributed by atoms with Crippen molar-refractivity contribution in [3.05, 3.63) is 58.7 Å². The van der Waals surface area contributed by atoms with Gasteiger partial charge in [0.25, 0.3) is 5.91 Å². The number of halogens is 6. The van der Waals surface area contributed by atoms with E-state index < -0.39 is 47.4 Å². The number of urea groups is 1. The van der Waals surface area contributed by atoms with Crippen molar-refractivity contribution < 1.29 is 40.7 Å². The van der Waals surface area contributed by atoms with E-state index in [1.807, 2.05) is 0 Å². The normalized spacial score (nSPS) is 11.3. The number of amides is 3. The van der Waals surface area contributed by atoms with Crippen molar-refractivity contribution in [1.82, 2.24) is 5.32 Å². The third kappa shape index (κ3) is 5.18. The minimum absolute atomic E-state index is 0.00732. The van der Waals surface area contributed by atoms with Gasteiger partial charge in [-0.3, -0.25) is 10.1 Å². The van der Waals surface area contributed by atoms with Crippen molar-refractivity contribution in [2.24, 2.45) is 0 Å². The lowest BCUT2D eigenvalue weighted by atomic mass is 10.1. The Morgan fingerprint density at radius 1 is 1.03 bits per heavy atom. The molecule has 0 aliphatic rings. The number of alkyl halides is 4. The quantitative estimate of drug-likeness (QED) is 0.685. The van der Waals surface area contributed by atoms with Crippen molar-refractivity contribution in [3.63, 3.8) is 0 Å². The number of ether oxygens (including phenoxy) is 1. The van der Waals surface area contributed by atoms with Crippen molar-refractivity contribution in [1.29, 1.82) is 0 Å². The topological polar surface area (TPSA) is 67.4 Å². The van der Waals surface area contributed by atoms with Gasteiger partial charge in [-0.2, -0.15) is 17.6 Å². The lowest BCUT2D eigenvalue weighted by Crippen LogP contribution is -2.35. The molecule has 29 heavy (non-hydrogen) atoms. The fraction of sp³-hybridized carbons (Fsp3) is 0.222. The van der Waals surface area contributed by atoms with Crippen LogP contribution in [0.25, 0.3) is 0 Å². The molecule has 0 saturated carbocycles. The largest absolute Gasteiger partial charge is 0.461 e. The molecule has 0 heterocycles. The molecule has 0 aliphatic heterocycles. The molecule has 0 bridgehead atoms. The highest BCUT2D eigenvalue weighted by atomic mass is 19.3. The molecular weight excluding hydrogens is 406 g/mol. The Bertz CT molecular complexity index is 906. The molecule has 2 aromatic rings. The summed E-state index contributed by atoms with van der Waals surface area (Å²) in [4.78, 5) is 23.8. The molecule has 0 unspecified atom stereocenters. The molecule has 0 aromatic heterocycles. The van der Waals surface area contributed by atoms with Crippen LogP contribution in [0, 0.1) is 25.5 Å². The number of hydrogen-bond donors (Lipinski definition) is 2. The van der Waals surface area contributed by atoms with E-state index in [2.05, 4.69) is 10.1 Å². The first-order valence-corrected chi connectivity index (χ1v) is 7.95. The molecule has 5 nitrogen and oxygen atoms in total. The second-order valence-corrected chi connectivity index (χ2v) is 5.91. The van der Waals surface area contributed by atoms with E-state index in [1.165, 1.54) is 13.8 Å². The molecule has 2 N–H and O–H groups in total. The van der Waals surface area contributed by atoms with Gasteiger partial charge >= 0.3 is 18.6 Å². The number of carbonyl (C=O) groups excluding carboxylic acids is 2. The van der Waals surface area contributed by atoms with Crippen molar-refractivity contribution in [3.8, 4) is 5.75 Å². The van der Waals surface area contributed by atoms with E-state index in [0.717, 1.165) is 30.3 Å². The highest BCUT2D eigenvalue weighted by Gasteiger charge is 2.44. The molecule has 11 heteroatoms. The molecule has 0 aliphatic carbocycles. The summed E-state index contributed by atoms with van der Waals surface area (Å²) in [5, 5.41) is 3.88. The molecule has 3 amide bonds. The van der Waals surface area contributed by atoms with E-state index in [4.69, 9.17) is 0 Å². The van der Waals surface area contributed by atoms with Gasteiger partial charge in [-0.05, 0) is 49.2 Å². The number of benzene rings is 2. The second kappa shape index (κ2) is 8.41. The van der Waals surface area contributed by atoms with E-state index >= 15 is 0 Å². The molecular formula is C18H14F6N2O3. The number of carbonyl (C=O) groups is 2. The summed E-state index contributed by atoms with van der Waals surface area (Å²) < 4.78 is 82.1. The first kappa shape index (κ1) is 22.1. The average Bonchev–Trinajstić information content (AvgIpc) is 2.57. The zero-order valence-electron chi connectivity index (χ0n) is 15.0. The maximum absolute atomic E-state index is 13.6. The first-order chi connectivity index (χ1) is 13.4. The van der Waals surface area contributed by atoms with Crippen LogP contribution < -0.4 is 15.4 Å². The third-order valence-corrected chi connectivity index (χ3v) is 3.63. The zero-order valence-corrected chi connectivity index (χ0v) is 15.0. The van der Waals surface area contributed by atoms with Gasteiger partial charge in [-0.1, -0.05) is 6.07 Å². The Morgan fingerprint density at radius 3 is 2.03 bits per heavy atom. The highest BCUT2D eigenvalue weighted by molar-refractivity contribution is 6.08. The van der Waals surface area contributed by atoms with Crippen LogP contribution in [0.15, 0.2) is 30.3 Å². The van der Waals surface area contributed by atoms with Gasteiger partial charge in [0.15, 0.2) is 0 Å². The summed E-state index contributed by atoms with van der Waals surface area (Å²) in [6.07, 6.45) is -8.76. The predicted octanol–water partition coefficient (Wildman–Crippen LogP) is 4.78. The van der Waals surface area contributed by atoms with Gasteiger partial charge in [-0.25, -0.2) is 13.6 Å². The average molecular weight is 420 g/mol. The Morgan fingerprint density at radius 2 is 1.55 bits per heavy atom. The summed E-state index contributed by atoms with van der Waals surface area (Å²) in [7, 11) is 0. The van der Waals surface area contributed by atoms with Gasteiger partial charge in [0.2, 0.25) is 0 Å². The van der Waals surface area contributed by atoms with E-state index in [0.29, 0.717) is 0 Å². The number of nitrogens with one attached hydrogen (secondary N) is 2. The SMILES string of the molecule is Cc1cc(NC(=O)NC(=O)c2c(F)cccc2F)cc(C)c1OC(F)(F)C(F)F. The third-order valence-electron chi connectivity index (χ3n) is 3.63. The van der Waals surface area contributed by atoms with Crippen LogP contribution in [0.2, 0.25) is 0 Å². The lowest BCUT2D eigenvalue weighted by molar-refractivity contribution is -0.253.